The smallest absolute Gasteiger partial charge is 0.416 e. The highest BCUT2D eigenvalue weighted by atomic mass is 19.4. The zero-order valence-electron chi connectivity index (χ0n) is 16.0. The third kappa shape index (κ3) is 4.96. The largest absolute Gasteiger partial charge is 0.447 e. The van der Waals surface area contributed by atoms with Gasteiger partial charge in [0, 0.05) is 5.92 Å². The number of nitrogens with zero attached hydrogens (tertiary/aromatic N) is 1. The van der Waals surface area contributed by atoms with Gasteiger partial charge in [0.25, 0.3) is 0 Å². The molecule has 0 aromatic heterocycles. The number of alkyl halides is 3. The van der Waals surface area contributed by atoms with Gasteiger partial charge in [-0.1, -0.05) is 49.4 Å². The van der Waals surface area contributed by atoms with Gasteiger partial charge in [-0.15, -0.1) is 0 Å². The standard InChI is InChI=1S/C22H22F3NO3/c1-2-17(12-16-8-10-18(11-9-16)22(23,24)25)20(27)26-19(14-29-21(26)28)13-15-6-4-3-5-7-15/h3-11,17,19H,2,12-14H2,1H3. The molecule has 29 heavy (non-hydrogen) atoms. The molecule has 3 rings (SSSR count). The molecule has 154 valence electrons. The predicted octanol–water partition coefficient (Wildman–Crippen LogP) is 4.86. The second-order valence-electron chi connectivity index (χ2n) is 7.13. The van der Waals surface area contributed by atoms with E-state index in [1.807, 2.05) is 37.3 Å². The molecular formula is C22H22F3NO3. The van der Waals surface area contributed by atoms with E-state index in [4.69, 9.17) is 4.74 Å². The third-order valence-electron chi connectivity index (χ3n) is 5.12. The molecule has 2 atom stereocenters. The summed E-state index contributed by atoms with van der Waals surface area (Å²) < 4.78 is 43.3. The second-order valence-corrected chi connectivity index (χ2v) is 7.13. The van der Waals surface area contributed by atoms with Crippen molar-refractivity contribution in [3.8, 4) is 0 Å². The summed E-state index contributed by atoms with van der Waals surface area (Å²) in [6, 6.07) is 13.9. The molecule has 1 aliphatic rings. The molecule has 0 saturated carbocycles. The Bertz CT molecular complexity index is 850. The number of cyclic esters (lactones) is 1. The fourth-order valence-corrected chi connectivity index (χ4v) is 3.48. The number of imide groups is 1. The number of rotatable bonds is 6. The summed E-state index contributed by atoms with van der Waals surface area (Å²) in [4.78, 5) is 26.4. The summed E-state index contributed by atoms with van der Waals surface area (Å²) in [5.74, 6) is -0.869. The maximum atomic E-state index is 13.1. The number of carbonyl (C=O) groups excluding carboxylic acids is 2. The number of hydrogen-bond acceptors (Lipinski definition) is 3. The number of halogens is 3. The predicted molar refractivity (Wildman–Crippen MR) is 101 cm³/mol. The van der Waals surface area contributed by atoms with Gasteiger partial charge in [0.15, 0.2) is 0 Å². The molecule has 0 aliphatic carbocycles. The van der Waals surface area contributed by atoms with E-state index < -0.39 is 23.8 Å². The second kappa shape index (κ2) is 8.68. The highest BCUT2D eigenvalue weighted by Crippen LogP contribution is 2.30. The Morgan fingerprint density at radius 1 is 1.10 bits per heavy atom. The van der Waals surface area contributed by atoms with E-state index in [9.17, 15) is 22.8 Å². The molecule has 1 aliphatic heterocycles. The molecule has 0 N–H and O–H groups in total. The topological polar surface area (TPSA) is 46.6 Å². The van der Waals surface area contributed by atoms with E-state index in [1.165, 1.54) is 17.0 Å². The first-order valence-electron chi connectivity index (χ1n) is 9.49. The molecule has 0 bridgehead atoms. The van der Waals surface area contributed by atoms with Gasteiger partial charge < -0.3 is 4.74 Å². The molecule has 2 aromatic carbocycles. The lowest BCUT2D eigenvalue weighted by Crippen LogP contribution is -2.44. The highest BCUT2D eigenvalue weighted by molar-refractivity contribution is 5.95. The van der Waals surface area contributed by atoms with Crippen LogP contribution in [0.1, 0.15) is 30.0 Å². The quantitative estimate of drug-likeness (QED) is 0.689. The Morgan fingerprint density at radius 3 is 2.34 bits per heavy atom. The number of ether oxygens (including phenoxy) is 1. The van der Waals surface area contributed by atoms with E-state index in [1.54, 1.807) is 0 Å². The van der Waals surface area contributed by atoms with Gasteiger partial charge in [-0.25, -0.2) is 9.69 Å². The molecule has 4 nitrogen and oxygen atoms in total. The summed E-state index contributed by atoms with van der Waals surface area (Å²) in [5, 5.41) is 0. The van der Waals surface area contributed by atoms with Crippen LogP contribution < -0.4 is 0 Å². The zero-order chi connectivity index (χ0) is 21.0. The summed E-state index contributed by atoms with van der Waals surface area (Å²) in [5.41, 5.74) is 0.876. The van der Waals surface area contributed by atoms with Gasteiger partial charge in [0.05, 0.1) is 11.6 Å². The maximum Gasteiger partial charge on any atom is 0.416 e. The minimum absolute atomic E-state index is 0.135. The van der Waals surface area contributed by atoms with E-state index >= 15 is 0 Å². The van der Waals surface area contributed by atoms with Crippen molar-refractivity contribution in [3.05, 3.63) is 71.3 Å². The van der Waals surface area contributed by atoms with Gasteiger partial charge in [-0.2, -0.15) is 13.2 Å². The van der Waals surface area contributed by atoms with Crippen LogP contribution in [0.2, 0.25) is 0 Å². The van der Waals surface area contributed by atoms with E-state index in [-0.39, 0.29) is 25.0 Å². The van der Waals surface area contributed by atoms with Crippen molar-refractivity contribution in [2.45, 2.75) is 38.4 Å². The Hall–Kier alpha value is -2.83. The van der Waals surface area contributed by atoms with Gasteiger partial charge in [-0.05, 0) is 42.5 Å². The van der Waals surface area contributed by atoms with Crippen molar-refractivity contribution in [1.82, 2.24) is 4.90 Å². The molecule has 2 unspecified atom stereocenters. The van der Waals surface area contributed by atoms with Crippen LogP contribution in [-0.4, -0.2) is 29.5 Å². The summed E-state index contributed by atoms with van der Waals surface area (Å²) in [6.45, 7) is 1.95. The number of amides is 2. The van der Waals surface area contributed by atoms with Crippen LogP contribution >= 0.6 is 0 Å². The van der Waals surface area contributed by atoms with Crippen LogP contribution in [0.4, 0.5) is 18.0 Å². The van der Waals surface area contributed by atoms with Gasteiger partial charge >= 0.3 is 12.3 Å². The van der Waals surface area contributed by atoms with Crippen LogP contribution in [0.15, 0.2) is 54.6 Å². The zero-order valence-corrected chi connectivity index (χ0v) is 16.0. The number of benzene rings is 2. The monoisotopic (exact) mass is 405 g/mol. The fourth-order valence-electron chi connectivity index (χ4n) is 3.48. The molecule has 1 fully saturated rings. The minimum Gasteiger partial charge on any atom is -0.447 e. The molecule has 0 radical (unpaired) electrons. The molecule has 1 heterocycles. The van der Waals surface area contributed by atoms with Crippen molar-refractivity contribution >= 4 is 12.0 Å². The third-order valence-corrected chi connectivity index (χ3v) is 5.12. The molecule has 0 spiro atoms. The number of hydrogen-bond donors (Lipinski definition) is 0. The molecule has 2 amide bonds. The normalized spacial score (nSPS) is 17.9. The molecule has 2 aromatic rings. The van der Waals surface area contributed by atoms with Crippen molar-refractivity contribution in [2.24, 2.45) is 5.92 Å². The van der Waals surface area contributed by atoms with Crippen LogP contribution in [-0.2, 0) is 28.5 Å². The van der Waals surface area contributed by atoms with Crippen LogP contribution in [0.25, 0.3) is 0 Å². The fraction of sp³-hybridized carbons (Fsp3) is 0.364. The lowest BCUT2D eigenvalue weighted by atomic mass is 9.94. The average Bonchev–Trinajstić information content (AvgIpc) is 3.06. The van der Waals surface area contributed by atoms with Crippen molar-refractivity contribution in [2.75, 3.05) is 6.61 Å². The van der Waals surface area contributed by atoms with Crippen molar-refractivity contribution in [1.29, 1.82) is 0 Å². The van der Waals surface area contributed by atoms with Crippen molar-refractivity contribution < 1.29 is 27.5 Å². The van der Waals surface area contributed by atoms with Crippen molar-refractivity contribution in [3.63, 3.8) is 0 Å². The van der Waals surface area contributed by atoms with Gasteiger partial charge in [0.1, 0.15) is 6.61 Å². The van der Waals surface area contributed by atoms with Gasteiger partial charge in [-0.3, -0.25) is 4.79 Å². The van der Waals surface area contributed by atoms with E-state index in [2.05, 4.69) is 0 Å². The molecular weight excluding hydrogens is 383 g/mol. The SMILES string of the molecule is CCC(Cc1ccc(C(F)(F)F)cc1)C(=O)N1C(=O)OCC1Cc1ccccc1. The first-order valence-corrected chi connectivity index (χ1v) is 9.49. The minimum atomic E-state index is -4.40. The first kappa shape index (κ1) is 20.9. The Kier molecular flexibility index (Phi) is 6.25. The number of carbonyl (C=O) groups is 2. The van der Waals surface area contributed by atoms with Gasteiger partial charge in [0.2, 0.25) is 5.91 Å². The van der Waals surface area contributed by atoms with E-state index in [0.29, 0.717) is 18.4 Å². The first-order chi connectivity index (χ1) is 13.8. The van der Waals surface area contributed by atoms with E-state index in [0.717, 1.165) is 17.7 Å². The lowest BCUT2D eigenvalue weighted by Gasteiger charge is -2.24. The Balaban J connectivity index is 1.72. The summed E-state index contributed by atoms with van der Waals surface area (Å²) in [6.07, 6.45) is -3.85. The average molecular weight is 405 g/mol. The Labute approximate surface area is 167 Å². The Morgan fingerprint density at radius 2 is 1.76 bits per heavy atom. The summed E-state index contributed by atoms with van der Waals surface area (Å²) >= 11 is 0. The highest BCUT2D eigenvalue weighted by Gasteiger charge is 2.40. The lowest BCUT2D eigenvalue weighted by molar-refractivity contribution is -0.137. The van der Waals surface area contributed by atoms with Crippen LogP contribution in [0.5, 0.6) is 0 Å². The maximum absolute atomic E-state index is 13.1. The van der Waals surface area contributed by atoms with Crippen LogP contribution in [0.3, 0.4) is 0 Å². The summed E-state index contributed by atoms with van der Waals surface area (Å²) in [7, 11) is 0. The van der Waals surface area contributed by atoms with Crippen LogP contribution in [0, 0.1) is 5.92 Å². The molecule has 1 saturated heterocycles. The molecule has 7 heteroatoms.